The van der Waals surface area contributed by atoms with Gasteiger partial charge in [0.15, 0.2) is 11.6 Å². The zero-order valence-electron chi connectivity index (χ0n) is 12.7. The number of rotatable bonds is 1. The average molecular weight is 305 g/mol. The minimum Gasteiger partial charge on any atom is -0.311 e. The number of amides is 1. The van der Waals surface area contributed by atoms with Crippen molar-refractivity contribution in [2.24, 2.45) is 0 Å². The number of anilines is 1. The van der Waals surface area contributed by atoms with Crippen LogP contribution in [0.4, 0.5) is 14.6 Å². The van der Waals surface area contributed by atoms with Crippen molar-refractivity contribution < 1.29 is 13.6 Å². The normalized spacial score (nSPS) is 18.0. The Morgan fingerprint density at radius 2 is 2.00 bits per heavy atom. The summed E-state index contributed by atoms with van der Waals surface area (Å²) in [6.45, 7) is 5.94. The second-order valence-electron chi connectivity index (χ2n) is 6.51. The molecule has 0 aliphatic carbocycles. The molecule has 1 aromatic heterocycles. The summed E-state index contributed by atoms with van der Waals surface area (Å²) in [5.74, 6) is -1.66. The third kappa shape index (κ3) is 2.38. The summed E-state index contributed by atoms with van der Waals surface area (Å²) in [4.78, 5) is 12.0. The summed E-state index contributed by atoms with van der Waals surface area (Å²) in [6.07, 6.45) is 1.87. The average Bonchev–Trinajstić information content (AvgIpc) is 2.84. The van der Waals surface area contributed by atoms with Gasteiger partial charge in [-0.3, -0.25) is 4.79 Å². The lowest BCUT2D eigenvalue weighted by Gasteiger charge is -2.28. The van der Waals surface area contributed by atoms with Gasteiger partial charge in [0.05, 0.1) is 11.7 Å². The van der Waals surface area contributed by atoms with Crippen LogP contribution in [0.5, 0.6) is 0 Å². The molecule has 1 atom stereocenters. The molecule has 0 unspecified atom stereocenters. The van der Waals surface area contributed by atoms with Gasteiger partial charge in [0, 0.05) is 17.9 Å². The van der Waals surface area contributed by atoms with Crippen molar-refractivity contribution in [2.45, 2.75) is 38.6 Å². The number of fused-ring (bicyclic) bond motifs is 1. The van der Waals surface area contributed by atoms with Gasteiger partial charge in [-0.1, -0.05) is 6.07 Å². The van der Waals surface area contributed by atoms with E-state index in [2.05, 4.69) is 10.4 Å². The molecule has 0 radical (unpaired) electrons. The summed E-state index contributed by atoms with van der Waals surface area (Å²) in [7, 11) is 0. The van der Waals surface area contributed by atoms with Gasteiger partial charge in [0.1, 0.15) is 5.82 Å². The first-order valence-electron chi connectivity index (χ1n) is 7.10. The van der Waals surface area contributed by atoms with Crippen LogP contribution in [-0.2, 0) is 10.3 Å². The standard InChI is InChI=1S/C16H17F2N3O/c1-16(2,3)21-15-11(8-19-21)10(7-14(22)20-15)9-4-5-12(17)13(18)6-9/h4-6,8,10H,7H2,1-3H3,(H,20,22)/t10-/m1/s1. The van der Waals surface area contributed by atoms with E-state index in [1.807, 2.05) is 20.8 Å². The predicted octanol–water partition coefficient (Wildman–Crippen LogP) is 3.39. The molecule has 1 N–H and O–H groups in total. The molecule has 1 amide bonds. The molecular formula is C16H17F2N3O. The Morgan fingerprint density at radius 1 is 1.27 bits per heavy atom. The van der Waals surface area contributed by atoms with E-state index in [0.29, 0.717) is 11.4 Å². The number of aromatic nitrogens is 2. The van der Waals surface area contributed by atoms with Gasteiger partial charge in [-0.2, -0.15) is 5.10 Å². The van der Waals surface area contributed by atoms with Crippen LogP contribution in [-0.4, -0.2) is 15.7 Å². The Morgan fingerprint density at radius 3 is 2.64 bits per heavy atom. The fourth-order valence-corrected chi connectivity index (χ4v) is 2.75. The number of carbonyl (C=O) groups excluding carboxylic acids is 1. The van der Waals surface area contributed by atoms with E-state index in [1.54, 1.807) is 10.9 Å². The van der Waals surface area contributed by atoms with Crippen LogP contribution in [0.25, 0.3) is 0 Å². The van der Waals surface area contributed by atoms with Crippen LogP contribution in [0.15, 0.2) is 24.4 Å². The zero-order chi connectivity index (χ0) is 16.1. The highest BCUT2D eigenvalue weighted by molar-refractivity contribution is 5.94. The minimum atomic E-state index is -0.909. The highest BCUT2D eigenvalue weighted by Gasteiger charge is 2.32. The first-order chi connectivity index (χ1) is 10.3. The maximum Gasteiger partial charge on any atom is 0.226 e. The maximum atomic E-state index is 13.5. The van der Waals surface area contributed by atoms with Crippen LogP contribution in [0.2, 0.25) is 0 Å². The van der Waals surface area contributed by atoms with Crippen molar-refractivity contribution >= 4 is 11.7 Å². The Labute approximate surface area is 127 Å². The quantitative estimate of drug-likeness (QED) is 0.878. The van der Waals surface area contributed by atoms with Crippen LogP contribution < -0.4 is 5.32 Å². The molecule has 2 heterocycles. The number of carbonyl (C=O) groups is 1. The van der Waals surface area contributed by atoms with Crippen LogP contribution in [0.1, 0.15) is 44.2 Å². The second-order valence-corrected chi connectivity index (χ2v) is 6.51. The van der Waals surface area contributed by atoms with Crippen LogP contribution >= 0.6 is 0 Å². The molecule has 3 rings (SSSR count). The SMILES string of the molecule is CC(C)(C)n1ncc2c1NC(=O)C[C@@H]2c1ccc(F)c(F)c1. The molecule has 0 saturated carbocycles. The van der Waals surface area contributed by atoms with Crippen molar-refractivity contribution in [3.05, 3.63) is 47.2 Å². The third-order valence-corrected chi connectivity index (χ3v) is 3.80. The second kappa shape index (κ2) is 4.90. The first kappa shape index (κ1) is 14.7. The molecule has 0 spiro atoms. The molecular weight excluding hydrogens is 288 g/mol. The van der Waals surface area contributed by atoms with Crippen molar-refractivity contribution in [3.63, 3.8) is 0 Å². The monoisotopic (exact) mass is 305 g/mol. The van der Waals surface area contributed by atoms with Gasteiger partial charge in [-0.15, -0.1) is 0 Å². The molecule has 1 aliphatic heterocycles. The fourth-order valence-electron chi connectivity index (χ4n) is 2.75. The fraction of sp³-hybridized carbons (Fsp3) is 0.375. The largest absolute Gasteiger partial charge is 0.311 e. The van der Waals surface area contributed by atoms with E-state index < -0.39 is 11.6 Å². The minimum absolute atomic E-state index is 0.159. The van der Waals surface area contributed by atoms with E-state index in [1.165, 1.54) is 6.07 Å². The lowest BCUT2D eigenvalue weighted by molar-refractivity contribution is -0.116. The molecule has 0 saturated heterocycles. The van der Waals surface area contributed by atoms with Crippen molar-refractivity contribution in [1.29, 1.82) is 0 Å². The van der Waals surface area contributed by atoms with Gasteiger partial charge in [-0.25, -0.2) is 13.5 Å². The summed E-state index contributed by atoms with van der Waals surface area (Å²) in [6, 6.07) is 3.75. The maximum absolute atomic E-state index is 13.5. The number of hydrogen-bond donors (Lipinski definition) is 1. The van der Waals surface area contributed by atoms with Crippen LogP contribution in [0.3, 0.4) is 0 Å². The molecule has 0 fully saturated rings. The molecule has 22 heavy (non-hydrogen) atoms. The number of nitrogens with zero attached hydrogens (tertiary/aromatic N) is 2. The molecule has 1 aromatic carbocycles. The van der Waals surface area contributed by atoms with Gasteiger partial charge >= 0.3 is 0 Å². The molecule has 116 valence electrons. The van der Waals surface area contributed by atoms with Gasteiger partial charge < -0.3 is 5.32 Å². The molecule has 0 bridgehead atoms. The summed E-state index contributed by atoms with van der Waals surface area (Å²) in [5, 5.41) is 7.19. The Balaban J connectivity index is 2.11. The van der Waals surface area contributed by atoms with Crippen molar-refractivity contribution in [1.82, 2.24) is 9.78 Å². The topological polar surface area (TPSA) is 46.9 Å². The molecule has 4 nitrogen and oxygen atoms in total. The Hall–Kier alpha value is -2.24. The Bertz CT molecular complexity index is 746. The van der Waals surface area contributed by atoms with E-state index in [9.17, 15) is 13.6 Å². The van der Waals surface area contributed by atoms with Gasteiger partial charge in [-0.05, 0) is 38.5 Å². The van der Waals surface area contributed by atoms with Gasteiger partial charge in [0.25, 0.3) is 0 Å². The number of halogens is 2. The van der Waals surface area contributed by atoms with E-state index in [4.69, 9.17) is 0 Å². The lowest BCUT2D eigenvalue weighted by Crippen LogP contribution is -2.30. The highest BCUT2D eigenvalue weighted by Crippen LogP contribution is 2.39. The van der Waals surface area contributed by atoms with Gasteiger partial charge in [0.2, 0.25) is 5.91 Å². The number of nitrogens with one attached hydrogen (secondary N) is 1. The zero-order valence-corrected chi connectivity index (χ0v) is 12.7. The smallest absolute Gasteiger partial charge is 0.226 e. The molecule has 2 aromatic rings. The van der Waals surface area contributed by atoms with E-state index >= 15 is 0 Å². The predicted molar refractivity (Wildman–Crippen MR) is 78.7 cm³/mol. The summed E-state index contributed by atoms with van der Waals surface area (Å²) < 4.78 is 28.4. The number of hydrogen-bond acceptors (Lipinski definition) is 2. The van der Waals surface area contributed by atoms with Crippen molar-refractivity contribution in [3.8, 4) is 0 Å². The Kier molecular flexibility index (Phi) is 3.27. The highest BCUT2D eigenvalue weighted by atomic mass is 19.2. The first-order valence-corrected chi connectivity index (χ1v) is 7.10. The third-order valence-electron chi connectivity index (χ3n) is 3.80. The van der Waals surface area contributed by atoms with Crippen LogP contribution in [0, 0.1) is 11.6 Å². The van der Waals surface area contributed by atoms with Crippen molar-refractivity contribution in [2.75, 3.05) is 5.32 Å². The van der Waals surface area contributed by atoms with E-state index in [0.717, 1.165) is 17.7 Å². The molecule has 1 aliphatic rings. The lowest BCUT2D eigenvalue weighted by atomic mass is 9.87. The summed E-state index contributed by atoms with van der Waals surface area (Å²) >= 11 is 0. The number of benzene rings is 1. The van der Waals surface area contributed by atoms with E-state index in [-0.39, 0.29) is 23.8 Å². The summed E-state index contributed by atoms with van der Waals surface area (Å²) in [5.41, 5.74) is 1.10. The molecule has 6 heteroatoms.